The van der Waals surface area contributed by atoms with Gasteiger partial charge in [0.1, 0.15) is 0 Å². The molecule has 2 aromatic heterocycles. The fraction of sp³-hybridized carbons (Fsp3) is 0.320. The zero-order valence-corrected chi connectivity index (χ0v) is 22.6. The van der Waals surface area contributed by atoms with Crippen LogP contribution in [0.5, 0.6) is 0 Å². The molecule has 9 nitrogen and oxygen atoms in total. The molecule has 0 bridgehead atoms. The minimum atomic E-state index is -0.378. The van der Waals surface area contributed by atoms with Crippen LogP contribution in [0.25, 0.3) is 5.57 Å². The molecule has 10 heteroatoms. The number of ether oxygens (including phenoxy) is 1. The van der Waals surface area contributed by atoms with Crippen molar-refractivity contribution in [2.45, 2.75) is 11.8 Å². The fourth-order valence-electron chi connectivity index (χ4n) is 2.76. The quantitative estimate of drug-likeness (QED) is 0.195. The SMILES string of the molecule is C=C/C=C\C=C(/C)c1cnc(NC(N(C)C)=[N+](C)C)c(C(=O)Nc2cnccc2SC)n1.COC. The summed E-state index contributed by atoms with van der Waals surface area (Å²) in [6.07, 6.45) is 14.2. The number of anilines is 2. The molecule has 1 amide bonds. The third-order valence-corrected chi connectivity index (χ3v) is 5.11. The van der Waals surface area contributed by atoms with Gasteiger partial charge in [-0.2, -0.15) is 0 Å². The summed E-state index contributed by atoms with van der Waals surface area (Å²) in [7, 11) is 10.9. The smallest absolute Gasteiger partial charge is 0.353 e. The van der Waals surface area contributed by atoms with Crippen LogP contribution in [-0.4, -0.2) is 85.0 Å². The summed E-state index contributed by atoms with van der Waals surface area (Å²) in [5.41, 5.74) is 2.27. The fourth-order valence-corrected chi connectivity index (χ4v) is 3.28. The number of aromatic nitrogens is 3. The van der Waals surface area contributed by atoms with Crippen LogP contribution in [0, 0.1) is 0 Å². The van der Waals surface area contributed by atoms with Crippen LogP contribution in [0.3, 0.4) is 0 Å². The third-order valence-electron chi connectivity index (χ3n) is 4.31. The normalized spacial score (nSPS) is 10.8. The first-order valence-electron chi connectivity index (χ1n) is 10.7. The molecule has 0 aliphatic carbocycles. The van der Waals surface area contributed by atoms with Gasteiger partial charge in [0.2, 0.25) is 5.82 Å². The van der Waals surface area contributed by atoms with Gasteiger partial charge in [0.15, 0.2) is 5.69 Å². The molecule has 0 saturated carbocycles. The monoisotopic (exact) mass is 498 g/mol. The summed E-state index contributed by atoms with van der Waals surface area (Å²) in [4.78, 5) is 29.4. The number of allylic oxidation sites excluding steroid dienone is 5. The van der Waals surface area contributed by atoms with Gasteiger partial charge in [-0.05, 0) is 24.8 Å². The van der Waals surface area contributed by atoms with Crippen LogP contribution >= 0.6 is 11.8 Å². The zero-order chi connectivity index (χ0) is 26.4. The Hall–Kier alpha value is -3.50. The molecule has 188 valence electrons. The Labute approximate surface area is 212 Å². The Bertz CT molecular complexity index is 1090. The Kier molecular flexibility index (Phi) is 13.0. The molecule has 0 aromatic carbocycles. The van der Waals surface area contributed by atoms with Crippen LogP contribution in [0.1, 0.15) is 23.1 Å². The minimum Gasteiger partial charge on any atom is -0.388 e. The van der Waals surface area contributed by atoms with Crippen molar-refractivity contribution in [2.24, 2.45) is 0 Å². The van der Waals surface area contributed by atoms with Gasteiger partial charge in [-0.25, -0.2) is 15.3 Å². The number of nitrogens with zero attached hydrogens (tertiary/aromatic N) is 5. The number of guanidine groups is 1. The predicted octanol–water partition coefficient (Wildman–Crippen LogP) is 3.86. The number of methoxy groups -OCH3 is 1. The lowest BCUT2D eigenvalue weighted by molar-refractivity contribution is -0.469. The molecule has 2 rings (SSSR count). The summed E-state index contributed by atoms with van der Waals surface area (Å²) >= 11 is 1.53. The maximum absolute atomic E-state index is 13.3. The molecule has 0 radical (unpaired) electrons. The highest BCUT2D eigenvalue weighted by molar-refractivity contribution is 7.98. The standard InChI is InChI=1S/C23H29N7OS.C2H6O/c1-8-9-10-11-16(2)17-15-25-21(28-23(29(3)4)30(5)6)20(26-17)22(31)27-18-14-24-13-12-19(18)32-7;1-3-2/h8-15H,1H2,2-7H3,(H,27,31);1-2H3/p+1/b10-9-,16-11+;. The summed E-state index contributed by atoms with van der Waals surface area (Å²) in [5, 5.41) is 6.15. The molecule has 0 spiro atoms. The predicted molar refractivity (Wildman–Crippen MR) is 146 cm³/mol. The van der Waals surface area contributed by atoms with E-state index in [4.69, 9.17) is 0 Å². The van der Waals surface area contributed by atoms with Gasteiger partial charge in [-0.3, -0.25) is 19.3 Å². The molecule has 0 saturated heterocycles. The van der Waals surface area contributed by atoms with Crippen molar-refractivity contribution in [2.75, 3.05) is 59.3 Å². The van der Waals surface area contributed by atoms with Crippen molar-refractivity contribution in [1.29, 1.82) is 0 Å². The van der Waals surface area contributed by atoms with Crippen molar-refractivity contribution >= 4 is 40.7 Å². The van der Waals surface area contributed by atoms with Crippen molar-refractivity contribution in [3.05, 3.63) is 66.9 Å². The number of hydrogen-bond donors (Lipinski definition) is 2. The maximum Gasteiger partial charge on any atom is 0.353 e. The molecule has 0 aliphatic rings. The van der Waals surface area contributed by atoms with Crippen molar-refractivity contribution < 1.29 is 14.1 Å². The second-order valence-electron chi connectivity index (χ2n) is 7.60. The lowest BCUT2D eigenvalue weighted by Gasteiger charge is -2.15. The highest BCUT2D eigenvalue weighted by Crippen LogP contribution is 2.25. The summed E-state index contributed by atoms with van der Waals surface area (Å²) < 4.78 is 6.15. The van der Waals surface area contributed by atoms with Gasteiger partial charge in [0.25, 0.3) is 5.91 Å². The highest BCUT2D eigenvalue weighted by atomic mass is 32.2. The van der Waals surface area contributed by atoms with E-state index in [1.165, 1.54) is 11.8 Å². The summed E-state index contributed by atoms with van der Waals surface area (Å²) in [6.45, 7) is 5.58. The zero-order valence-electron chi connectivity index (χ0n) is 21.8. The largest absolute Gasteiger partial charge is 0.388 e. The van der Waals surface area contributed by atoms with Gasteiger partial charge in [0, 0.05) is 25.3 Å². The van der Waals surface area contributed by atoms with Gasteiger partial charge < -0.3 is 10.1 Å². The molecule has 2 N–H and O–H groups in total. The van der Waals surface area contributed by atoms with E-state index in [1.807, 2.05) is 75.1 Å². The van der Waals surface area contributed by atoms with Gasteiger partial charge >= 0.3 is 5.96 Å². The Morgan fingerprint density at radius 1 is 1.20 bits per heavy atom. The van der Waals surface area contributed by atoms with E-state index < -0.39 is 0 Å². The number of rotatable bonds is 7. The van der Waals surface area contributed by atoms with E-state index in [0.29, 0.717) is 17.2 Å². The molecular formula is C25H36N7O2S+. The topological polar surface area (TPSA) is 95.3 Å². The van der Waals surface area contributed by atoms with Crippen LogP contribution in [-0.2, 0) is 4.74 Å². The van der Waals surface area contributed by atoms with Gasteiger partial charge in [0.05, 0.1) is 52.0 Å². The number of carbonyl (C=O) groups excluding carboxylic acids is 1. The minimum absolute atomic E-state index is 0.181. The summed E-state index contributed by atoms with van der Waals surface area (Å²) in [5.74, 6) is 0.734. The molecule has 0 unspecified atom stereocenters. The molecule has 0 fully saturated rings. The number of hydrogen-bond acceptors (Lipinski definition) is 6. The molecule has 2 heterocycles. The highest BCUT2D eigenvalue weighted by Gasteiger charge is 2.23. The Morgan fingerprint density at radius 3 is 2.46 bits per heavy atom. The van der Waals surface area contributed by atoms with Crippen molar-refractivity contribution in [1.82, 2.24) is 19.9 Å². The maximum atomic E-state index is 13.3. The Morgan fingerprint density at radius 2 is 1.89 bits per heavy atom. The molecule has 35 heavy (non-hydrogen) atoms. The molecular weight excluding hydrogens is 462 g/mol. The van der Waals surface area contributed by atoms with Crippen molar-refractivity contribution in [3.8, 4) is 0 Å². The van der Waals surface area contributed by atoms with E-state index in [0.717, 1.165) is 16.4 Å². The lowest BCUT2D eigenvalue weighted by atomic mass is 10.2. The van der Waals surface area contributed by atoms with E-state index in [-0.39, 0.29) is 11.6 Å². The van der Waals surface area contributed by atoms with Crippen LogP contribution < -0.4 is 10.6 Å². The third kappa shape index (κ3) is 9.34. The van der Waals surface area contributed by atoms with Crippen LogP contribution in [0.2, 0.25) is 0 Å². The van der Waals surface area contributed by atoms with Crippen LogP contribution in [0.4, 0.5) is 11.5 Å². The number of nitrogens with one attached hydrogen (secondary N) is 2. The first-order chi connectivity index (χ1) is 16.7. The first kappa shape index (κ1) is 29.5. The summed E-state index contributed by atoms with van der Waals surface area (Å²) in [6, 6.07) is 1.85. The van der Waals surface area contributed by atoms with E-state index in [9.17, 15) is 4.79 Å². The van der Waals surface area contributed by atoms with E-state index in [2.05, 4.69) is 36.9 Å². The second kappa shape index (κ2) is 15.4. The number of carbonyl (C=O) groups is 1. The number of thioether (sulfide) groups is 1. The average Bonchev–Trinajstić information content (AvgIpc) is 2.83. The number of pyridine rings is 1. The molecule has 2 aromatic rings. The molecule has 0 aliphatic heterocycles. The van der Waals surface area contributed by atoms with Gasteiger partial charge in [-0.15, -0.1) is 11.8 Å². The lowest BCUT2D eigenvalue weighted by Crippen LogP contribution is -2.37. The average molecular weight is 499 g/mol. The van der Waals surface area contributed by atoms with Crippen LogP contribution in [0.15, 0.2) is 60.4 Å². The van der Waals surface area contributed by atoms with Crippen molar-refractivity contribution in [3.63, 3.8) is 0 Å². The second-order valence-corrected chi connectivity index (χ2v) is 8.45. The van der Waals surface area contributed by atoms with E-state index in [1.54, 1.807) is 38.9 Å². The van der Waals surface area contributed by atoms with E-state index >= 15 is 0 Å². The Balaban J connectivity index is 0.00000194. The molecule has 0 atom stereocenters. The first-order valence-corrected chi connectivity index (χ1v) is 11.9. The number of amides is 1. The van der Waals surface area contributed by atoms with Gasteiger partial charge in [-0.1, -0.05) is 30.9 Å².